The Hall–Kier alpha value is -0.315. The SMILES string of the molecule is CC(C)=CCOB(O)O. The molecule has 4 heteroatoms. The fourth-order valence-electron chi connectivity index (χ4n) is 0.301. The first-order valence-corrected chi connectivity index (χ1v) is 2.74. The van der Waals surface area contributed by atoms with E-state index in [1.165, 1.54) is 0 Å². The fraction of sp³-hybridized carbons (Fsp3) is 0.600. The molecule has 0 aromatic heterocycles. The summed E-state index contributed by atoms with van der Waals surface area (Å²) in [6.07, 6.45) is 1.76. The van der Waals surface area contributed by atoms with E-state index in [0.29, 0.717) is 0 Å². The van der Waals surface area contributed by atoms with E-state index in [2.05, 4.69) is 4.65 Å². The first-order chi connectivity index (χ1) is 4.13. The Morgan fingerprint density at radius 1 is 1.56 bits per heavy atom. The molecule has 2 N–H and O–H groups in total. The minimum absolute atomic E-state index is 0.250. The molecule has 52 valence electrons. The lowest BCUT2D eigenvalue weighted by Crippen LogP contribution is -2.16. The normalized spacial score (nSPS) is 8.89. The highest BCUT2D eigenvalue weighted by molar-refractivity contribution is 6.32. The van der Waals surface area contributed by atoms with E-state index in [0.717, 1.165) is 5.57 Å². The molecular weight excluding hydrogens is 119 g/mol. The van der Waals surface area contributed by atoms with Crippen LogP contribution in [0.3, 0.4) is 0 Å². The van der Waals surface area contributed by atoms with Gasteiger partial charge in [0.15, 0.2) is 0 Å². The second-order valence-electron chi connectivity index (χ2n) is 1.94. The van der Waals surface area contributed by atoms with Crippen molar-refractivity contribution < 1.29 is 14.7 Å². The van der Waals surface area contributed by atoms with Crippen LogP contribution < -0.4 is 0 Å². The third-order valence-electron chi connectivity index (χ3n) is 0.737. The van der Waals surface area contributed by atoms with Gasteiger partial charge in [-0.1, -0.05) is 11.6 Å². The average molecular weight is 130 g/mol. The first-order valence-electron chi connectivity index (χ1n) is 2.74. The van der Waals surface area contributed by atoms with Gasteiger partial charge in [0.05, 0.1) is 6.61 Å². The van der Waals surface area contributed by atoms with Gasteiger partial charge in [0.1, 0.15) is 0 Å². The Balaban J connectivity index is 3.20. The van der Waals surface area contributed by atoms with Crippen molar-refractivity contribution in [2.75, 3.05) is 6.61 Å². The molecule has 0 aliphatic rings. The van der Waals surface area contributed by atoms with E-state index in [1.807, 2.05) is 13.8 Å². The van der Waals surface area contributed by atoms with Crippen LogP contribution in [0.4, 0.5) is 0 Å². The van der Waals surface area contributed by atoms with Crippen LogP contribution in [-0.4, -0.2) is 24.0 Å². The smallest absolute Gasteiger partial charge is 0.402 e. The molecule has 0 rings (SSSR count). The fourth-order valence-corrected chi connectivity index (χ4v) is 0.301. The van der Waals surface area contributed by atoms with Crippen molar-refractivity contribution in [1.29, 1.82) is 0 Å². The number of hydrogen-bond donors (Lipinski definition) is 2. The molecule has 0 aromatic rings. The first kappa shape index (κ1) is 8.68. The summed E-state index contributed by atoms with van der Waals surface area (Å²) in [6, 6.07) is 0. The topological polar surface area (TPSA) is 49.7 Å². The molecule has 3 nitrogen and oxygen atoms in total. The Labute approximate surface area is 55.1 Å². The molecule has 0 aliphatic carbocycles. The van der Waals surface area contributed by atoms with E-state index >= 15 is 0 Å². The highest BCUT2D eigenvalue weighted by Crippen LogP contribution is 1.87. The summed E-state index contributed by atoms with van der Waals surface area (Å²) in [6.45, 7) is 4.07. The lowest BCUT2D eigenvalue weighted by atomic mass is 10.2. The maximum atomic E-state index is 8.17. The van der Waals surface area contributed by atoms with Crippen LogP contribution in [0, 0.1) is 0 Å². The van der Waals surface area contributed by atoms with Crippen molar-refractivity contribution in [3.8, 4) is 0 Å². The van der Waals surface area contributed by atoms with Crippen molar-refractivity contribution in [1.82, 2.24) is 0 Å². The zero-order valence-electron chi connectivity index (χ0n) is 5.66. The molecule has 0 heterocycles. The molecule has 0 atom stereocenters. The zero-order chi connectivity index (χ0) is 7.28. The quantitative estimate of drug-likeness (QED) is 0.415. The number of rotatable bonds is 3. The standard InChI is InChI=1S/C5H11BO3/c1-5(2)3-4-9-6(7)8/h3,7-8H,4H2,1-2H3. The van der Waals surface area contributed by atoms with Gasteiger partial charge in [-0.2, -0.15) is 0 Å². The molecule has 0 fully saturated rings. The van der Waals surface area contributed by atoms with Crippen LogP contribution in [0.15, 0.2) is 11.6 Å². The molecule has 0 aromatic carbocycles. The van der Waals surface area contributed by atoms with Gasteiger partial charge < -0.3 is 14.7 Å². The van der Waals surface area contributed by atoms with Gasteiger partial charge in [-0.25, -0.2) is 0 Å². The third-order valence-corrected chi connectivity index (χ3v) is 0.737. The number of hydrogen-bond acceptors (Lipinski definition) is 3. The van der Waals surface area contributed by atoms with Gasteiger partial charge in [0, 0.05) is 0 Å². The Bertz CT molecular complexity index is 96.4. The van der Waals surface area contributed by atoms with Crippen molar-refractivity contribution >= 4 is 7.32 Å². The van der Waals surface area contributed by atoms with Crippen LogP contribution in [0.2, 0.25) is 0 Å². The summed E-state index contributed by atoms with van der Waals surface area (Å²) < 4.78 is 4.39. The Morgan fingerprint density at radius 2 is 2.11 bits per heavy atom. The molecule has 0 radical (unpaired) electrons. The van der Waals surface area contributed by atoms with Gasteiger partial charge in [0.2, 0.25) is 0 Å². The molecule has 0 bridgehead atoms. The van der Waals surface area contributed by atoms with Gasteiger partial charge in [-0.3, -0.25) is 0 Å². The van der Waals surface area contributed by atoms with Crippen molar-refractivity contribution in [3.05, 3.63) is 11.6 Å². The van der Waals surface area contributed by atoms with Crippen molar-refractivity contribution in [2.45, 2.75) is 13.8 Å². The van der Waals surface area contributed by atoms with Crippen molar-refractivity contribution in [2.24, 2.45) is 0 Å². The Kier molecular flexibility index (Phi) is 4.39. The van der Waals surface area contributed by atoms with Crippen molar-refractivity contribution in [3.63, 3.8) is 0 Å². The van der Waals surface area contributed by atoms with Gasteiger partial charge in [0.25, 0.3) is 0 Å². The van der Waals surface area contributed by atoms with Crippen LogP contribution in [0.25, 0.3) is 0 Å². The summed E-state index contributed by atoms with van der Waals surface area (Å²) in [5, 5.41) is 16.3. The molecular formula is C5H11BO3. The second-order valence-corrected chi connectivity index (χ2v) is 1.94. The van der Waals surface area contributed by atoms with Gasteiger partial charge in [-0.05, 0) is 13.8 Å². The lowest BCUT2D eigenvalue weighted by molar-refractivity contribution is 0.206. The minimum atomic E-state index is -1.65. The van der Waals surface area contributed by atoms with Gasteiger partial charge >= 0.3 is 7.32 Å². The lowest BCUT2D eigenvalue weighted by Gasteiger charge is -1.96. The molecule has 9 heavy (non-hydrogen) atoms. The molecule has 0 unspecified atom stereocenters. The maximum absolute atomic E-state index is 8.17. The van der Waals surface area contributed by atoms with E-state index in [4.69, 9.17) is 10.0 Å². The minimum Gasteiger partial charge on any atom is -0.402 e. The van der Waals surface area contributed by atoms with Crippen LogP contribution >= 0.6 is 0 Å². The largest absolute Gasteiger partial charge is 0.634 e. The predicted octanol–water partition coefficient (Wildman–Crippen LogP) is -0.0613. The van der Waals surface area contributed by atoms with E-state index in [9.17, 15) is 0 Å². The van der Waals surface area contributed by atoms with E-state index in [-0.39, 0.29) is 6.61 Å². The highest BCUT2D eigenvalue weighted by Gasteiger charge is 2.04. The summed E-state index contributed by atoms with van der Waals surface area (Å²) in [5.41, 5.74) is 1.09. The highest BCUT2D eigenvalue weighted by atomic mass is 16.6. The summed E-state index contributed by atoms with van der Waals surface area (Å²) in [7, 11) is -1.65. The third kappa shape index (κ3) is 7.68. The monoisotopic (exact) mass is 130 g/mol. The van der Waals surface area contributed by atoms with Crippen LogP contribution in [0.1, 0.15) is 13.8 Å². The van der Waals surface area contributed by atoms with Crippen LogP contribution in [-0.2, 0) is 4.65 Å². The molecule has 0 spiro atoms. The van der Waals surface area contributed by atoms with E-state index in [1.54, 1.807) is 6.08 Å². The zero-order valence-corrected chi connectivity index (χ0v) is 5.66. The summed E-state index contributed by atoms with van der Waals surface area (Å²) in [4.78, 5) is 0. The van der Waals surface area contributed by atoms with Crippen LogP contribution in [0.5, 0.6) is 0 Å². The Morgan fingerprint density at radius 3 is 2.44 bits per heavy atom. The molecule has 0 saturated carbocycles. The summed E-state index contributed by atoms with van der Waals surface area (Å²) in [5.74, 6) is 0. The number of allylic oxidation sites excluding steroid dienone is 1. The maximum Gasteiger partial charge on any atom is 0.634 e. The van der Waals surface area contributed by atoms with E-state index < -0.39 is 7.32 Å². The summed E-state index contributed by atoms with van der Waals surface area (Å²) >= 11 is 0. The predicted molar refractivity (Wildman–Crippen MR) is 35.6 cm³/mol. The molecule has 0 amide bonds. The average Bonchev–Trinajstić information content (AvgIpc) is 1.63. The second kappa shape index (κ2) is 4.55. The molecule has 0 aliphatic heterocycles. The molecule has 0 saturated heterocycles. The van der Waals surface area contributed by atoms with Gasteiger partial charge in [-0.15, -0.1) is 0 Å².